The summed E-state index contributed by atoms with van der Waals surface area (Å²) in [6.45, 7) is 4.41. The minimum Gasteiger partial charge on any atom is -0.357 e. The first-order chi connectivity index (χ1) is 11.0. The number of halogens is 1. The van der Waals surface area contributed by atoms with Gasteiger partial charge in [-0.2, -0.15) is 9.05 Å². The molecule has 3 rings (SSSR count). The molecule has 1 aromatic rings. The fourth-order valence-corrected chi connectivity index (χ4v) is 5.69. The van der Waals surface area contributed by atoms with Crippen molar-refractivity contribution in [2.24, 2.45) is 5.41 Å². The highest BCUT2D eigenvalue weighted by molar-refractivity contribution is 7.97. The Balaban J connectivity index is 2.10. The van der Waals surface area contributed by atoms with Crippen molar-refractivity contribution in [2.45, 2.75) is 13.8 Å². The van der Waals surface area contributed by atoms with Gasteiger partial charge in [-0.3, -0.25) is 4.89 Å². The fraction of sp³-hybridized carbons (Fsp3) is 0.385. The molecule has 1 unspecified atom stereocenters. The molecule has 0 aliphatic carbocycles. The van der Waals surface area contributed by atoms with Crippen LogP contribution in [0.1, 0.15) is 34.6 Å². The van der Waals surface area contributed by atoms with Crippen LogP contribution in [0.2, 0.25) is 0 Å². The van der Waals surface area contributed by atoms with E-state index in [1.54, 1.807) is 0 Å². The Labute approximate surface area is 142 Å². The maximum atomic E-state index is 12.3. The first kappa shape index (κ1) is 17.8. The lowest BCUT2D eigenvalue weighted by Gasteiger charge is -2.31. The Hall–Kier alpha value is -1.01. The molecule has 0 aromatic heterocycles. The number of carbonyl (C=O) groups excluding carboxylic acids is 2. The van der Waals surface area contributed by atoms with Gasteiger partial charge < -0.3 is 9.05 Å². The number of hydrogen-bond donors (Lipinski definition) is 1. The summed E-state index contributed by atoms with van der Waals surface area (Å²) in [5.41, 5.74) is -0.775. The number of fused-ring (bicyclic) bond motifs is 1. The largest absolute Gasteiger partial charge is 0.589 e. The molecule has 130 valence electrons. The molecule has 0 saturated carbocycles. The number of phosphoric acid groups is 1. The average molecular weight is 396 g/mol. The summed E-state index contributed by atoms with van der Waals surface area (Å²) >= 11 is 6.48. The SMILES string of the molecule is CC1(C)CO[P+](Cl)(c2cccc3c2C(=O)OP(=O)(O)OC3=O)OC1. The predicted molar refractivity (Wildman–Crippen MR) is 85.2 cm³/mol. The van der Waals surface area contributed by atoms with E-state index in [0.29, 0.717) is 0 Å². The van der Waals surface area contributed by atoms with Gasteiger partial charge in [0, 0.05) is 5.41 Å². The molecule has 2 heterocycles. The average Bonchev–Trinajstić information content (AvgIpc) is 2.57. The molecular formula is C13H14ClO8P2+. The van der Waals surface area contributed by atoms with Crippen molar-refractivity contribution in [1.29, 1.82) is 0 Å². The van der Waals surface area contributed by atoms with Crippen molar-refractivity contribution in [2.75, 3.05) is 13.2 Å². The lowest BCUT2D eigenvalue weighted by molar-refractivity contribution is 0.0592. The zero-order valence-corrected chi connectivity index (χ0v) is 15.3. The molecule has 8 nitrogen and oxygen atoms in total. The minimum absolute atomic E-state index is 0.112. The van der Waals surface area contributed by atoms with Crippen LogP contribution in [0.15, 0.2) is 18.2 Å². The summed E-state index contributed by atoms with van der Waals surface area (Å²) in [6.07, 6.45) is 0. The lowest BCUT2D eigenvalue weighted by Crippen LogP contribution is -2.34. The van der Waals surface area contributed by atoms with Crippen LogP contribution in [0, 0.1) is 5.41 Å². The van der Waals surface area contributed by atoms with E-state index in [1.807, 2.05) is 13.8 Å². The van der Waals surface area contributed by atoms with E-state index in [1.165, 1.54) is 18.2 Å². The van der Waals surface area contributed by atoms with Crippen LogP contribution in [0.5, 0.6) is 0 Å². The summed E-state index contributed by atoms with van der Waals surface area (Å²) in [7, 11) is -8.03. The molecule has 0 spiro atoms. The molecule has 1 N–H and O–H groups in total. The number of phosphoric ester groups is 1. The fourth-order valence-electron chi connectivity index (χ4n) is 2.20. The van der Waals surface area contributed by atoms with Gasteiger partial charge in [-0.15, -0.1) is 0 Å². The molecule has 11 heteroatoms. The van der Waals surface area contributed by atoms with Crippen molar-refractivity contribution in [1.82, 2.24) is 0 Å². The van der Waals surface area contributed by atoms with Crippen molar-refractivity contribution in [3.8, 4) is 0 Å². The van der Waals surface area contributed by atoms with Crippen LogP contribution in [-0.4, -0.2) is 30.0 Å². The van der Waals surface area contributed by atoms with Gasteiger partial charge in [0.25, 0.3) is 0 Å². The Morgan fingerprint density at radius 3 is 2.38 bits per heavy atom. The summed E-state index contributed by atoms with van der Waals surface area (Å²) < 4.78 is 31.6. The van der Waals surface area contributed by atoms with E-state index < -0.39 is 26.8 Å². The maximum Gasteiger partial charge on any atom is 0.589 e. The Morgan fingerprint density at radius 1 is 1.17 bits per heavy atom. The van der Waals surface area contributed by atoms with Gasteiger partial charge in [-0.1, -0.05) is 19.9 Å². The van der Waals surface area contributed by atoms with Crippen LogP contribution < -0.4 is 5.30 Å². The number of carbonyl (C=O) groups is 2. The van der Waals surface area contributed by atoms with Crippen LogP contribution in [0.3, 0.4) is 0 Å². The van der Waals surface area contributed by atoms with Gasteiger partial charge >= 0.3 is 26.8 Å². The summed E-state index contributed by atoms with van der Waals surface area (Å²) in [6, 6.07) is 4.18. The van der Waals surface area contributed by atoms with Gasteiger partial charge in [0.05, 0.1) is 5.56 Å². The van der Waals surface area contributed by atoms with E-state index in [0.717, 1.165) is 0 Å². The normalized spacial score (nSPS) is 28.3. The number of hydrogen-bond acceptors (Lipinski definition) is 7. The standard InChI is InChI=1S/C13H13ClO8P2/c1-13(2)6-19-23(14,20-7-13)9-5-3-4-8-10(9)12(16)22-24(17,18)21-11(8)15/h3-5H,6-7H2,1-2H3/p+1. The first-order valence-corrected chi connectivity index (χ1v) is 10.9. The van der Waals surface area contributed by atoms with Crippen molar-refractivity contribution in [3.63, 3.8) is 0 Å². The monoisotopic (exact) mass is 395 g/mol. The summed E-state index contributed by atoms with van der Waals surface area (Å²) in [5.74, 6) is -2.36. The van der Waals surface area contributed by atoms with Gasteiger partial charge in [-0.25, -0.2) is 14.2 Å². The number of benzene rings is 1. The molecule has 2 aliphatic heterocycles. The maximum absolute atomic E-state index is 12.3. The van der Waals surface area contributed by atoms with E-state index in [9.17, 15) is 19.0 Å². The van der Waals surface area contributed by atoms with Crippen LogP contribution >= 0.6 is 26.1 Å². The molecule has 2 aliphatic rings. The minimum atomic E-state index is -4.84. The molecule has 1 fully saturated rings. The van der Waals surface area contributed by atoms with E-state index in [4.69, 9.17) is 20.3 Å². The zero-order valence-electron chi connectivity index (χ0n) is 12.7. The molecule has 1 atom stereocenters. The molecule has 0 amide bonds. The van der Waals surface area contributed by atoms with Gasteiger partial charge in [0.15, 0.2) is 16.5 Å². The van der Waals surface area contributed by atoms with Crippen LogP contribution in [-0.2, 0) is 22.7 Å². The summed E-state index contributed by atoms with van der Waals surface area (Å²) in [5, 5.41) is 0.112. The zero-order chi connectivity index (χ0) is 17.8. The quantitative estimate of drug-likeness (QED) is 0.723. The van der Waals surface area contributed by atoms with Gasteiger partial charge in [-0.05, 0) is 12.1 Å². The predicted octanol–water partition coefficient (Wildman–Crippen LogP) is 2.81. The Morgan fingerprint density at radius 2 is 1.75 bits per heavy atom. The second-order valence-electron chi connectivity index (χ2n) is 6.12. The van der Waals surface area contributed by atoms with E-state index >= 15 is 0 Å². The Bertz CT molecular complexity index is 767. The molecule has 0 radical (unpaired) electrons. The smallest absolute Gasteiger partial charge is 0.357 e. The molecule has 24 heavy (non-hydrogen) atoms. The lowest BCUT2D eigenvalue weighted by atomic mass is 9.97. The van der Waals surface area contributed by atoms with Gasteiger partial charge in [0.1, 0.15) is 18.8 Å². The Kier molecular flexibility index (Phi) is 4.28. The molecule has 1 aromatic carbocycles. The van der Waals surface area contributed by atoms with E-state index in [2.05, 4.69) is 9.05 Å². The summed E-state index contributed by atoms with van der Waals surface area (Å²) in [4.78, 5) is 33.7. The van der Waals surface area contributed by atoms with Crippen molar-refractivity contribution >= 4 is 43.4 Å². The highest BCUT2D eigenvalue weighted by Crippen LogP contribution is 2.68. The highest BCUT2D eigenvalue weighted by Gasteiger charge is 2.55. The van der Waals surface area contributed by atoms with E-state index in [-0.39, 0.29) is 35.1 Å². The van der Waals surface area contributed by atoms with Crippen LogP contribution in [0.25, 0.3) is 0 Å². The second-order valence-corrected chi connectivity index (χ2v) is 10.7. The molecular weight excluding hydrogens is 382 g/mol. The van der Waals surface area contributed by atoms with Gasteiger partial charge in [0.2, 0.25) is 0 Å². The van der Waals surface area contributed by atoms with Crippen molar-refractivity contribution in [3.05, 3.63) is 29.3 Å². The topological polar surface area (TPSA) is 108 Å². The highest BCUT2D eigenvalue weighted by atomic mass is 35.7. The first-order valence-electron chi connectivity index (χ1n) is 6.85. The second kappa shape index (κ2) is 5.77. The molecule has 1 saturated heterocycles. The molecule has 0 bridgehead atoms. The van der Waals surface area contributed by atoms with Crippen molar-refractivity contribution < 1.29 is 37.1 Å². The third kappa shape index (κ3) is 3.23. The number of rotatable bonds is 1. The third-order valence-electron chi connectivity index (χ3n) is 3.39. The van der Waals surface area contributed by atoms with Crippen LogP contribution in [0.4, 0.5) is 0 Å². The third-order valence-corrected chi connectivity index (χ3v) is 7.19.